The highest BCUT2D eigenvalue weighted by Crippen LogP contribution is 2.32. The highest BCUT2D eigenvalue weighted by atomic mass is 16.2. The van der Waals surface area contributed by atoms with Gasteiger partial charge in [-0.25, -0.2) is 4.79 Å². The number of amides is 3. The zero-order valence-electron chi connectivity index (χ0n) is 12.9. The maximum absolute atomic E-state index is 12.4. The molecule has 2 atom stereocenters. The topological polar surface area (TPSA) is 110 Å². The van der Waals surface area contributed by atoms with E-state index in [1.165, 1.54) is 0 Å². The first-order valence-electron chi connectivity index (χ1n) is 7.60. The number of rotatable bonds is 4. The molecule has 1 aromatic carbocycles. The zero-order valence-corrected chi connectivity index (χ0v) is 12.9. The molecule has 1 aromatic rings. The molecule has 2 unspecified atom stereocenters. The lowest BCUT2D eigenvalue weighted by atomic mass is 9.74. The van der Waals surface area contributed by atoms with Crippen LogP contribution in [-0.4, -0.2) is 17.5 Å². The van der Waals surface area contributed by atoms with E-state index in [1.54, 1.807) is 0 Å². The zero-order chi connectivity index (χ0) is 16.2. The Morgan fingerprint density at radius 3 is 2.55 bits per heavy atom. The summed E-state index contributed by atoms with van der Waals surface area (Å²) in [4.78, 5) is 23.1. The Hall–Kier alpha value is -2.08. The van der Waals surface area contributed by atoms with Gasteiger partial charge in [-0.05, 0) is 37.5 Å². The summed E-state index contributed by atoms with van der Waals surface area (Å²) in [5.41, 5.74) is 12.5. The Morgan fingerprint density at radius 1 is 1.27 bits per heavy atom. The van der Waals surface area contributed by atoms with Gasteiger partial charge in [-0.1, -0.05) is 25.0 Å². The fourth-order valence-corrected chi connectivity index (χ4v) is 2.91. The molecule has 22 heavy (non-hydrogen) atoms. The van der Waals surface area contributed by atoms with Crippen LogP contribution in [0.2, 0.25) is 0 Å². The Labute approximate surface area is 130 Å². The van der Waals surface area contributed by atoms with Gasteiger partial charge in [0.1, 0.15) is 0 Å². The number of anilines is 1. The van der Waals surface area contributed by atoms with Crippen LogP contribution in [0, 0.1) is 5.92 Å². The summed E-state index contributed by atoms with van der Waals surface area (Å²) < 4.78 is 0. The molecule has 1 saturated carbocycles. The predicted octanol–water partition coefficient (Wildman–Crippen LogP) is 1.70. The Kier molecular flexibility index (Phi) is 5.03. The standard InChI is InChI=1S/C16H24N4O2/c1-16(18)9-3-2-4-13(16)14(21)20-12-7-5-11(6-8-12)10-19-15(17)22/h5-8,13H,2-4,9-10,18H2,1H3,(H,20,21)(H3,17,19,22). The molecular weight excluding hydrogens is 280 g/mol. The molecule has 2 rings (SSSR count). The van der Waals surface area contributed by atoms with E-state index in [0.29, 0.717) is 6.54 Å². The number of carbonyl (C=O) groups is 2. The number of hydrogen-bond donors (Lipinski definition) is 4. The summed E-state index contributed by atoms with van der Waals surface area (Å²) in [6.07, 6.45) is 3.84. The fraction of sp³-hybridized carbons (Fsp3) is 0.500. The summed E-state index contributed by atoms with van der Waals surface area (Å²) in [7, 11) is 0. The molecule has 0 heterocycles. The van der Waals surface area contributed by atoms with Gasteiger partial charge >= 0.3 is 6.03 Å². The van der Waals surface area contributed by atoms with Crippen LogP contribution in [0.15, 0.2) is 24.3 Å². The molecule has 3 amide bonds. The Bertz CT molecular complexity index is 540. The minimum absolute atomic E-state index is 0.0206. The SMILES string of the molecule is CC1(N)CCCCC1C(=O)Nc1ccc(CNC(N)=O)cc1. The predicted molar refractivity (Wildman–Crippen MR) is 86.0 cm³/mol. The maximum atomic E-state index is 12.4. The number of nitrogens with one attached hydrogen (secondary N) is 2. The van der Waals surface area contributed by atoms with Crippen LogP contribution in [0.5, 0.6) is 0 Å². The van der Waals surface area contributed by atoms with Gasteiger partial charge in [-0.3, -0.25) is 4.79 Å². The van der Waals surface area contributed by atoms with Crippen molar-refractivity contribution in [1.82, 2.24) is 5.32 Å². The first-order valence-corrected chi connectivity index (χ1v) is 7.60. The molecule has 6 heteroatoms. The Morgan fingerprint density at radius 2 is 1.95 bits per heavy atom. The molecule has 0 aliphatic heterocycles. The van der Waals surface area contributed by atoms with E-state index in [2.05, 4.69) is 10.6 Å². The highest BCUT2D eigenvalue weighted by molar-refractivity contribution is 5.93. The van der Waals surface area contributed by atoms with Gasteiger partial charge in [-0.2, -0.15) is 0 Å². The second-order valence-electron chi connectivity index (χ2n) is 6.21. The van der Waals surface area contributed by atoms with Crippen molar-refractivity contribution < 1.29 is 9.59 Å². The monoisotopic (exact) mass is 304 g/mol. The maximum Gasteiger partial charge on any atom is 0.312 e. The summed E-state index contributed by atoms with van der Waals surface area (Å²) in [5, 5.41) is 5.45. The van der Waals surface area contributed by atoms with Gasteiger partial charge in [0.15, 0.2) is 0 Å². The molecule has 0 bridgehead atoms. The molecule has 1 fully saturated rings. The van der Waals surface area contributed by atoms with Crippen molar-refractivity contribution in [1.29, 1.82) is 0 Å². The average molecular weight is 304 g/mol. The van der Waals surface area contributed by atoms with Gasteiger partial charge < -0.3 is 22.1 Å². The molecule has 0 spiro atoms. The van der Waals surface area contributed by atoms with Crippen LogP contribution in [-0.2, 0) is 11.3 Å². The Balaban J connectivity index is 1.95. The molecule has 0 saturated heterocycles. The first-order chi connectivity index (χ1) is 10.4. The van der Waals surface area contributed by atoms with E-state index in [9.17, 15) is 9.59 Å². The van der Waals surface area contributed by atoms with Gasteiger partial charge in [0, 0.05) is 17.8 Å². The van der Waals surface area contributed by atoms with Crippen molar-refractivity contribution >= 4 is 17.6 Å². The number of primary amides is 1. The number of carbonyl (C=O) groups excluding carboxylic acids is 2. The molecule has 0 aromatic heterocycles. The van der Waals surface area contributed by atoms with Gasteiger partial charge in [0.2, 0.25) is 5.91 Å². The summed E-state index contributed by atoms with van der Waals surface area (Å²) in [5.74, 6) is -0.176. The smallest absolute Gasteiger partial charge is 0.312 e. The molecule has 6 N–H and O–H groups in total. The van der Waals surface area contributed by atoms with Crippen molar-refractivity contribution in [3.8, 4) is 0 Å². The molecule has 1 aliphatic rings. The van der Waals surface area contributed by atoms with Crippen LogP contribution < -0.4 is 22.1 Å². The average Bonchev–Trinajstić information content (AvgIpc) is 2.46. The van der Waals surface area contributed by atoms with Crippen molar-refractivity contribution in [3.63, 3.8) is 0 Å². The first kappa shape index (κ1) is 16.3. The number of benzene rings is 1. The van der Waals surface area contributed by atoms with Gasteiger partial charge in [0.25, 0.3) is 0 Å². The minimum Gasteiger partial charge on any atom is -0.352 e. The van der Waals surface area contributed by atoms with E-state index in [1.807, 2.05) is 31.2 Å². The lowest BCUT2D eigenvalue weighted by molar-refractivity contribution is -0.122. The van der Waals surface area contributed by atoms with Gasteiger partial charge in [0.05, 0.1) is 5.92 Å². The molecule has 120 valence electrons. The van der Waals surface area contributed by atoms with E-state index in [0.717, 1.165) is 36.9 Å². The van der Waals surface area contributed by atoms with Gasteiger partial charge in [-0.15, -0.1) is 0 Å². The van der Waals surface area contributed by atoms with E-state index in [-0.39, 0.29) is 11.8 Å². The number of urea groups is 1. The summed E-state index contributed by atoms with van der Waals surface area (Å²) >= 11 is 0. The highest BCUT2D eigenvalue weighted by Gasteiger charge is 2.37. The quantitative estimate of drug-likeness (QED) is 0.679. The van der Waals surface area contributed by atoms with Crippen molar-refractivity contribution in [2.75, 3.05) is 5.32 Å². The molecule has 6 nitrogen and oxygen atoms in total. The van der Waals surface area contributed by atoms with Crippen molar-refractivity contribution in [2.45, 2.75) is 44.7 Å². The lowest BCUT2D eigenvalue weighted by Gasteiger charge is -2.37. The second kappa shape index (κ2) is 6.79. The third-order valence-corrected chi connectivity index (χ3v) is 4.26. The van der Waals surface area contributed by atoms with E-state index >= 15 is 0 Å². The molecule has 1 aliphatic carbocycles. The van der Waals surface area contributed by atoms with Crippen molar-refractivity contribution in [3.05, 3.63) is 29.8 Å². The van der Waals surface area contributed by atoms with Crippen LogP contribution in [0.3, 0.4) is 0 Å². The van der Waals surface area contributed by atoms with Crippen molar-refractivity contribution in [2.24, 2.45) is 17.4 Å². The third-order valence-electron chi connectivity index (χ3n) is 4.26. The second-order valence-corrected chi connectivity index (χ2v) is 6.21. The largest absolute Gasteiger partial charge is 0.352 e. The molecule has 0 radical (unpaired) electrons. The summed E-state index contributed by atoms with van der Waals surface area (Å²) in [6, 6.07) is 6.75. The lowest BCUT2D eigenvalue weighted by Crippen LogP contribution is -2.51. The normalized spacial score (nSPS) is 24.5. The van der Waals surface area contributed by atoms with Crippen LogP contribution in [0.1, 0.15) is 38.2 Å². The number of nitrogens with two attached hydrogens (primary N) is 2. The van der Waals surface area contributed by atoms with Crippen LogP contribution >= 0.6 is 0 Å². The van der Waals surface area contributed by atoms with E-state index < -0.39 is 11.6 Å². The molecular formula is C16H24N4O2. The third kappa shape index (κ3) is 4.21. The van der Waals surface area contributed by atoms with Crippen LogP contribution in [0.4, 0.5) is 10.5 Å². The fourth-order valence-electron chi connectivity index (χ4n) is 2.91. The summed E-state index contributed by atoms with van der Waals surface area (Å²) in [6.45, 7) is 2.32. The van der Waals surface area contributed by atoms with E-state index in [4.69, 9.17) is 11.5 Å². The minimum atomic E-state index is -0.558. The number of hydrogen-bond acceptors (Lipinski definition) is 3. The van der Waals surface area contributed by atoms with Crippen LogP contribution in [0.25, 0.3) is 0 Å².